The average molecular weight is 372 g/mol. The number of fused-ring (bicyclic) bond motifs is 1. The van der Waals surface area contributed by atoms with Crippen molar-refractivity contribution in [2.75, 3.05) is 17.1 Å². The topological polar surface area (TPSA) is 72.5 Å². The molecule has 0 fully saturated rings. The smallest absolute Gasteiger partial charge is 0.323 e. The van der Waals surface area contributed by atoms with Gasteiger partial charge in [-0.3, -0.25) is 9.52 Å². The third-order valence-electron chi connectivity index (χ3n) is 2.75. The highest BCUT2D eigenvalue weighted by Crippen LogP contribution is 2.30. The van der Waals surface area contributed by atoms with E-state index in [4.69, 9.17) is 0 Å². The quantitative estimate of drug-likeness (QED) is 0.820. The standard InChI is InChI=1S/C14H14BrNO4S/c1-2-20-14(17)9-21(18,19)16-13-8-7-12(15)10-5-3-4-6-11(10)13/h3-8,16H,2,9H2,1H3. The summed E-state index contributed by atoms with van der Waals surface area (Å²) >= 11 is 3.42. The lowest BCUT2D eigenvalue weighted by Crippen LogP contribution is -2.24. The Morgan fingerprint density at radius 3 is 2.52 bits per heavy atom. The molecule has 0 spiro atoms. The van der Waals surface area contributed by atoms with Crippen LogP contribution in [0.5, 0.6) is 0 Å². The molecule has 0 aromatic heterocycles. The van der Waals surface area contributed by atoms with E-state index in [1.165, 1.54) is 0 Å². The molecule has 5 nitrogen and oxygen atoms in total. The van der Waals surface area contributed by atoms with E-state index in [-0.39, 0.29) is 6.61 Å². The minimum Gasteiger partial charge on any atom is -0.465 e. The number of rotatable bonds is 5. The molecule has 0 bridgehead atoms. The van der Waals surface area contributed by atoms with Gasteiger partial charge < -0.3 is 4.74 Å². The lowest BCUT2D eigenvalue weighted by atomic mass is 10.1. The number of hydrogen-bond donors (Lipinski definition) is 1. The maximum absolute atomic E-state index is 12.0. The SMILES string of the molecule is CCOC(=O)CS(=O)(=O)Nc1ccc(Br)c2ccccc12. The molecule has 2 aromatic carbocycles. The molecule has 2 rings (SSSR count). The van der Waals surface area contributed by atoms with Crippen LogP contribution in [-0.2, 0) is 19.6 Å². The van der Waals surface area contributed by atoms with E-state index in [0.29, 0.717) is 5.69 Å². The number of esters is 1. The van der Waals surface area contributed by atoms with Gasteiger partial charge in [-0.25, -0.2) is 8.42 Å². The summed E-state index contributed by atoms with van der Waals surface area (Å²) in [5.74, 6) is -1.47. The van der Waals surface area contributed by atoms with Gasteiger partial charge in [0.2, 0.25) is 10.0 Å². The summed E-state index contributed by atoms with van der Waals surface area (Å²) in [5.41, 5.74) is 0.429. The second-order valence-corrected chi connectivity index (χ2v) is 6.88. The van der Waals surface area contributed by atoms with E-state index >= 15 is 0 Å². The first kappa shape index (κ1) is 15.8. The minimum atomic E-state index is -3.80. The van der Waals surface area contributed by atoms with Crippen molar-refractivity contribution >= 4 is 48.4 Å². The Morgan fingerprint density at radius 2 is 1.86 bits per heavy atom. The maximum Gasteiger partial charge on any atom is 0.323 e. The first-order chi connectivity index (χ1) is 9.93. The van der Waals surface area contributed by atoms with Gasteiger partial charge in [-0.1, -0.05) is 40.2 Å². The van der Waals surface area contributed by atoms with E-state index in [0.717, 1.165) is 15.2 Å². The molecule has 0 aliphatic heterocycles. The first-order valence-electron chi connectivity index (χ1n) is 6.26. The third kappa shape index (κ3) is 3.95. The highest BCUT2D eigenvalue weighted by atomic mass is 79.9. The molecule has 0 aliphatic carbocycles. The Hall–Kier alpha value is -1.60. The van der Waals surface area contributed by atoms with Crippen molar-refractivity contribution in [3.8, 4) is 0 Å². The van der Waals surface area contributed by atoms with Crippen LogP contribution in [0.2, 0.25) is 0 Å². The fourth-order valence-electron chi connectivity index (χ4n) is 1.91. The molecule has 7 heteroatoms. The van der Waals surface area contributed by atoms with E-state index in [9.17, 15) is 13.2 Å². The van der Waals surface area contributed by atoms with Crippen molar-refractivity contribution < 1.29 is 17.9 Å². The number of benzene rings is 2. The van der Waals surface area contributed by atoms with Gasteiger partial charge in [0, 0.05) is 9.86 Å². The summed E-state index contributed by atoms with van der Waals surface area (Å²) in [6.45, 7) is 1.77. The molecule has 21 heavy (non-hydrogen) atoms. The van der Waals surface area contributed by atoms with Crippen molar-refractivity contribution in [1.29, 1.82) is 0 Å². The van der Waals surface area contributed by atoms with Crippen LogP contribution in [0.1, 0.15) is 6.92 Å². The number of hydrogen-bond acceptors (Lipinski definition) is 4. The monoisotopic (exact) mass is 371 g/mol. The van der Waals surface area contributed by atoms with Crippen LogP contribution < -0.4 is 4.72 Å². The summed E-state index contributed by atoms with van der Waals surface area (Å²) in [7, 11) is -3.80. The van der Waals surface area contributed by atoms with Gasteiger partial charge in [0.15, 0.2) is 5.75 Å². The van der Waals surface area contributed by atoms with Crippen LogP contribution in [0.25, 0.3) is 10.8 Å². The second kappa shape index (κ2) is 6.44. The minimum absolute atomic E-state index is 0.148. The average Bonchev–Trinajstić information content (AvgIpc) is 2.42. The second-order valence-electron chi connectivity index (χ2n) is 4.31. The van der Waals surface area contributed by atoms with Crippen LogP contribution in [0.4, 0.5) is 5.69 Å². The number of carbonyl (C=O) groups excluding carboxylic acids is 1. The molecule has 0 saturated carbocycles. The molecular formula is C14H14BrNO4S. The maximum atomic E-state index is 12.0. The Balaban J connectivity index is 2.32. The molecule has 0 radical (unpaired) electrons. The van der Waals surface area contributed by atoms with E-state index < -0.39 is 21.7 Å². The fraction of sp³-hybridized carbons (Fsp3) is 0.214. The Bertz CT molecular complexity index is 774. The first-order valence-corrected chi connectivity index (χ1v) is 8.71. The molecule has 0 heterocycles. The molecular weight excluding hydrogens is 358 g/mol. The Kier molecular flexibility index (Phi) is 4.84. The van der Waals surface area contributed by atoms with Gasteiger partial charge >= 0.3 is 5.97 Å². The number of halogens is 1. The zero-order chi connectivity index (χ0) is 15.5. The largest absolute Gasteiger partial charge is 0.465 e. The van der Waals surface area contributed by atoms with Crippen LogP contribution in [-0.4, -0.2) is 26.7 Å². The van der Waals surface area contributed by atoms with Crippen molar-refractivity contribution in [3.63, 3.8) is 0 Å². The molecule has 0 unspecified atom stereocenters. The number of carbonyl (C=O) groups is 1. The van der Waals surface area contributed by atoms with Gasteiger partial charge in [-0.15, -0.1) is 0 Å². The molecule has 0 aliphatic rings. The summed E-state index contributed by atoms with van der Waals surface area (Å²) < 4.78 is 31.9. The zero-order valence-electron chi connectivity index (χ0n) is 11.3. The lowest BCUT2D eigenvalue weighted by molar-refractivity contribution is -0.139. The zero-order valence-corrected chi connectivity index (χ0v) is 13.7. The van der Waals surface area contributed by atoms with Gasteiger partial charge in [-0.2, -0.15) is 0 Å². The lowest BCUT2D eigenvalue weighted by Gasteiger charge is -2.11. The van der Waals surface area contributed by atoms with E-state index in [2.05, 4.69) is 25.4 Å². The predicted octanol–water partition coefficient (Wildman–Crippen LogP) is 2.91. The van der Waals surface area contributed by atoms with Crippen molar-refractivity contribution in [1.82, 2.24) is 0 Å². The van der Waals surface area contributed by atoms with Gasteiger partial charge in [0.05, 0.1) is 12.3 Å². The van der Waals surface area contributed by atoms with Crippen LogP contribution in [0, 0.1) is 0 Å². The van der Waals surface area contributed by atoms with Gasteiger partial charge in [0.1, 0.15) is 0 Å². The van der Waals surface area contributed by atoms with Gasteiger partial charge in [-0.05, 0) is 24.4 Å². The summed E-state index contributed by atoms with van der Waals surface area (Å²) in [5, 5.41) is 1.63. The number of ether oxygens (including phenoxy) is 1. The molecule has 0 saturated heterocycles. The van der Waals surface area contributed by atoms with Gasteiger partial charge in [0.25, 0.3) is 0 Å². The Labute approximate surface area is 131 Å². The number of anilines is 1. The summed E-state index contributed by atoms with van der Waals surface area (Å²) in [4.78, 5) is 11.3. The van der Waals surface area contributed by atoms with Crippen molar-refractivity contribution in [3.05, 3.63) is 40.9 Å². The number of sulfonamides is 1. The molecule has 112 valence electrons. The molecule has 0 atom stereocenters. The summed E-state index contributed by atoms with van der Waals surface area (Å²) in [6, 6.07) is 10.8. The van der Waals surface area contributed by atoms with Crippen LogP contribution >= 0.6 is 15.9 Å². The molecule has 1 N–H and O–H groups in total. The van der Waals surface area contributed by atoms with E-state index in [1.807, 2.05) is 24.3 Å². The highest BCUT2D eigenvalue weighted by Gasteiger charge is 2.18. The Morgan fingerprint density at radius 1 is 1.19 bits per heavy atom. The van der Waals surface area contributed by atoms with Crippen molar-refractivity contribution in [2.24, 2.45) is 0 Å². The summed E-state index contributed by atoms with van der Waals surface area (Å²) in [6.07, 6.45) is 0. The third-order valence-corrected chi connectivity index (χ3v) is 4.59. The fourth-order valence-corrected chi connectivity index (χ4v) is 3.37. The van der Waals surface area contributed by atoms with E-state index in [1.54, 1.807) is 19.1 Å². The van der Waals surface area contributed by atoms with Crippen LogP contribution in [0.3, 0.4) is 0 Å². The predicted molar refractivity (Wildman–Crippen MR) is 85.7 cm³/mol. The normalized spacial score (nSPS) is 11.3. The highest BCUT2D eigenvalue weighted by molar-refractivity contribution is 9.10. The number of nitrogens with one attached hydrogen (secondary N) is 1. The van der Waals surface area contributed by atoms with Crippen molar-refractivity contribution in [2.45, 2.75) is 6.92 Å². The molecule has 0 amide bonds. The van der Waals surface area contributed by atoms with Crippen LogP contribution in [0.15, 0.2) is 40.9 Å². The molecule has 2 aromatic rings.